The number of benzene rings is 1. The predicted molar refractivity (Wildman–Crippen MR) is 66.6 cm³/mol. The van der Waals surface area contributed by atoms with E-state index >= 15 is 0 Å². The number of nitrogen functional groups attached to an aromatic ring is 1. The van der Waals surface area contributed by atoms with Gasteiger partial charge in [0.05, 0.1) is 18.9 Å². The SMILES string of the molecule is Nc1ccc(NCCN2CCOCC2)cc1F. The number of ether oxygens (including phenoxy) is 1. The maximum Gasteiger partial charge on any atom is 0.148 e. The second-order valence-electron chi connectivity index (χ2n) is 4.12. The molecule has 1 heterocycles. The molecule has 0 unspecified atom stereocenters. The second kappa shape index (κ2) is 5.84. The molecule has 0 aromatic heterocycles. The van der Waals surface area contributed by atoms with Crippen LogP contribution in [0.1, 0.15) is 0 Å². The molecule has 1 aliphatic rings. The van der Waals surface area contributed by atoms with Gasteiger partial charge in [0, 0.05) is 31.9 Å². The summed E-state index contributed by atoms with van der Waals surface area (Å²) in [5.74, 6) is -0.374. The molecule has 1 aromatic rings. The summed E-state index contributed by atoms with van der Waals surface area (Å²) in [6.07, 6.45) is 0. The largest absolute Gasteiger partial charge is 0.396 e. The molecule has 0 saturated carbocycles. The molecule has 0 atom stereocenters. The fraction of sp³-hybridized carbons (Fsp3) is 0.500. The molecule has 0 aliphatic carbocycles. The molecule has 1 aliphatic heterocycles. The van der Waals surface area contributed by atoms with E-state index in [2.05, 4.69) is 10.2 Å². The van der Waals surface area contributed by atoms with Crippen LogP contribution in [0.25, 0.3) is 0 Å². The zero-order valence-electron chi connectivity index (χ0n) is 9.79. The lowest BCUT2D eigenvalue weighted by Crippen LogP contribution is -2.39. The molecular weight excluding hydrogens is 221 g/mol. The highest BCUT2D eigenvalue weighted by Gasteiger charge is 2.09. The summed E-state index contributed by atoms with van der Waals surface area (Å²) in [5, 5.41) is 3.18. The molecule has 5 heteroatoms. The molecule has 4 nitrogen and oxygen atoms in total. The summed E-state index contributed by atoms with van der Waals surface area (Å²) in [6.45, 7) is 5.28. The summed E-state index contributed by atoms with van der Waals surface area (Å²) >= 11 is 0. The number of nitrogens with two attached hydrogens (primary N) is 1. The fourth-order valence-electron chi connectivity index (χ4n) is 1.82. The van der Waals surface area contributed by atoms with Gasteiger partial charge in [-0.2, -0.15) is 0 Å². The normalized spacial score (nSPS) is 17.0. The molecular formula is C12H18FN3O. The average molecular weight is 239 g/mol. The van der Waals surface area contributed by atoms with Gasteiger partial charge in [0.15, 0.2) is 0 Å². The van der Waals surface area contributed by atoms with Crippen molar-refractivity contribution in [1.29, 1.82) is 0 Å². The maximum atomic E-state index is 13.2. The lowest BCUT2D eigenvalue weighted by atomic mass is 10.2. The van der Waals surface area contributed by atoms with E-state index in [0.29, 0.717) is 0 Å². The monoisotopic (exact) mass is 239 g/mol. The van der Waals surface area contributed by atoms with Crippen molar-refractivity contribution in [2.45, 2.75) is 0 Å². The Morgan fingerprint density at radius 1 is 1.35 bits per heavy atom. The molecule has 1 aromatic carbocycles. The Hall–Kier alpha value is -1.33. The highest BCUT2D eigenvalue weighted by atomic mass is 19.1. The zero-order chi connectivity index (χ0) is 12.1. The first-order valence-corrected chi connectivity index (χ1v) is 5.85. The summed E-state index contributed by atoms with van der Waals surface area (Å²) < 4.78 is 18.4. The lowest BCUT2D eigenvalue weighted by Gasteiger charge is -2.26. The Morgan fingerprint density at radius 3 is 2.82 bits per heavy atom. The van der Waals surface area contributed by atoms with E-state index in [0.717, 1.165) is 45.1 Å². The van der Waals surface area contributed by atoms with E-state index in [9.17, 15) is 4.39 Å². The van der Waals surface area contributed by atoms with Crippen molar-refractivity contribution < 1.29 is 9.13 Å². The van der Waals surface area contributed by atoms with Crippen LogP contribution in [-0.2, 0) is 4.74 Å². The number of anilines is 2. The van der Waals surface area contributed by atoms with E-state index in [4.69, 9.17) is 10.5 Å². The van der Waals surface area contributed by atoms with E-state index in [-0.39, 0.29) is 11.5 Å². The van der Waals surface area contributed by atoms with Gasteiger partial charge in [0.1, 0.15) is 5.82 Å². The van der Waals surface area contributed by atoms with Crippen LogP contribution >= 0.6 is 0 Å². The molecule has 0 amide bonds. The van der Waals surface area contributed by atoms with Crippen molar-refractivity contribution in [2.24, 2.45) is 0 Å². The van der Waals surface area contributed by atoms with Crippen LogP contribution in [0, 0.1) is 5.82 Å². The van der Waals surface area contributed by atoms with Gasteiger partial charge in [-0.05, 0) is 18.2 Å². The number of halogens is 1. The summed E-state index contributed by atoms with van der Waals surface area (Å²) in [4.78, 5) is 2.32. The van der Waals surface area contributed by atoms with Crippen molar-refractivity contribution in [2.75, 3.05) is 50.4 Å². The second-order valence-corrected chi connectivity index (χ2v) is 4.12. The molecule has 1 saturated heterocycles. The van der Waals surface area contributed by atoms with E-state index in [1.54, 1.807) is 12.1 Å². The molecule has 0 radical (unpaired) electrons. The Bertz CT molecular complexity index is 367. The van der Waals surface area contributed by atoms with Crippen LogP contribution < -0.4 is 11.1 Å². The molecule has 1 fully saturated rings. The predicted octanol–water partition coefficient (Wildman–Crippen LogP) is 1.15. The van der Waals surface area contributed by atoms with Crippen molar-refractivity contribution in [1.82, 2.24) is 4.90 Å². The van der Waals surface area contributed by atoms with Gasteiger partial charge in [-0.3, -0.25) is 4.90 Å². The van der Waals surface area contributed by atoms with E-state index < -0.39 is 0 Å². The molecule has 0 bridgehead atoms. The van der Waals surface area contributed by atoms with Crippen molar-refractivity contribution >= 4 is 11.4 Å². The van der Waals surface area contributed by atoms with Crippen LogP contribution in [-0.4, -0.2) is 44.3 Å². The van der Waals surface area contributed by atoms with Crippen LogP contribution in [0.4, 0.5) is 15.8 Å². The number of hydrogen-bond donors (Lipinski definition) is 2. The number of nitrogens with one attached hydrogen (secondary N) is 1. The van der Waals surface area contributed by atoms with Crippen molar-refractivity contribution in [3.63, 3.8) is 0 Å². The van der Waals surface area contributed by atoms with Gasteiger partial charge in [-0.15, -0.1) is 0 Å². The van der Waals surface area contributed by atoms with Crippen LogP contribution in [0.5, 0.6) is 0 Å². The Kier molecular flexibility index (Phi) is 4.17. The third-order valence-corrected chi connectivity index (χ3v) is 2.86. The number of rotatable bonds is 4. The van der Waals surface area contributed by atoms with E-state index in [1.165, 1.54) is 6.07 Å². The molecule has 94 valence electrons. The minimum absolute atomic E-state index is 0.184. The third-order valence-electron chi connectivity index (χ3n) is 2.86. The Morgan fingerprint density at radius 2 is 2.12 bits per heavy atom. The first-order valence-electron chi connectivity index (χ1n) is 5.85. The van der Waals surface area contributed by atoms with Crippen molar-refractivity contribution in [3.05, 3.63) is 24.0 Å². The smallest absolute Gasteiger partial charge is 0.148 e. The Labute approximate surface area is 101 Å². The highest BCUT2D eigenvalue weighted by molar-refractivity contribution is 5.52. The van der Waals surface area contributed by atoms with E-state index in [1.807, 2.05) is 0 Å². The fourth-order valence-corrected chi connectivity index (χ4v) is 1.82. The summed E-state index contributed by atoms with van der Waals surface area (Å²) in [6, 6.07) is 4.79. The molecule has 3 N–H and O–H groups in total. The van der Waals surface area contributed by atoms with Crippen LogP contribution in [0.15, 0.2) is 18.2 Å². The van der Waals surface area contributed by atoms with Gasteiger partial charge in [-0.25, -0.2) is 4.39 Å². The first-order chi connectivity index (χ1) is 8.25. The number of hydrogen-bond acceptors (Lipinski definition) is 4. The highest BCUT2D eigenvalue weighted by Crippen LogP contribution is 2.15. The van der Waals surface area contributed by atoms with Crippen molar-refractivity contribution in [3.8, 4) is 0 Å². The minimum Gasteiger partial charge on any atom is -0.396 e. The van der Waals surface area contributed by atoms with Crippen LogP contribution in [0.3, 0.4) is 0 Å². The lowest BCUT2D eigenvalue weighted by molar-refractivity contribution is 0.0398. The van der Waals surface area contributed by atoms with Gasteiger partial charge < -0.3 is 15.8 Å². The van der Waals surface area contributed by atoms with Gasteiger partial charge >= 0.3 is 0 Å². The maximum absolute atomic E-state index is 13.2. The molecule has 17 heavy (non-hydrogen) atoms. The first kappa shape index (κ1) is 12.1. The standard InChI is InChI=1S/C12H18FN3O/c13-11-9-10(1-2-12(11)14)15-3-4-16-5-7-17-8-6-16/h1-2,9,15H,3-8,14H2. The zero-order valence-corrected chi connectivity index (χ0v) is 9.79. The topological polar surface area (TPSA) is 50.5 Å². The quantitative estimate of drug-likeness (QED) is 0.774. The molecule has 2 rings (SSSR count). The molecule has 0 spiro atoms. The van der Waals surface area contributed by atoms with Gasteiger partial charge in [0.25, 0.3) is 0 Å². The van der Waals surface area contributed by atoms with Gasteiger partial charge in [0.2, 0.25) is 0 Å². The summed E-state index contributed by atoms with van der Waals surface area (Å²) in [5.41, 5.74) is 6.36. The Balaban J connectivity index is 1.75. The minimum atomic E-state index is -0.374. The average Bonchev–Trinajstić information content (AvgIpc) is 2.35. The third kappa shape index (κ3) is 3.57. The number of morpholine rings is 1. The summed E-state index contributed by atoms with van der Waals surface area (Å²) in [7, 11) is 0. The van der Waals surface area contributed by atoms with Crippen LogP contribution in [0.2, 0.25) is 0 Å². The number of nitrogens with zero attached hydrogens (tertiary/aromatic N) is 1. The van der Waals surface area contributed by atoms with Gasteiger partial charge in [-0.1, -0.05) is 0 Å².